The first-order valence-electron chi connectivity index (χ1n) is 7.54. The molecular weight excluding hydrogens is 262 g/mol. The third kappa shape index (κ3) is 8.48. The molecule has 4 nitrogen and oxygen atoms in total. The molecule has 122 valence electrons. The number of hydrogen-bond acceptors (Lipinski definition) is 3. The van der Waals surface area contributed by atoms with Crippen LogP contribution in [0.1, 0.15) is 20.8 Å². The van der Waals surface area contributed by atoms with E-state index in [0.717, 1.165) is 31.9 Å². The van der Waals surface area contributed by atoms with Crippen LogP contribution >= 0.6 is 0 Å². The maximum absolute atomic E-state index is 12.0. The predicted molar refractivity (Wildman–Crippen MR) is 93.3 cm³/mol. The summed E-state index contributed by atoms with van der Waals surface area (Å²) in [6.45, 7) is 20.1. The molecule has 1 rings (SSSR count). The first-order valence-corrected chi connectivity index (χ1v) is 7.54. The summed E-state index contributed by atoms with van der Waals surface area (Å²) in [5.41, 5.74) is 0.865. The highest BCUT2D eigenvalue weighted by atomic mass is 16.2. The van der Waals surface area contributed by atoms with Crippen molar-refractivity contribution in [2.45, 2.75) is 20.8 Å². The van der Waals surface area contributed by atoms with Crippen LogP contribution in [0.25, 0.3) is 0 Å². The Morgan fingerprint density at radius 3 is 2.05 bits per heavy atom. The van der Waals surface area contributed by atoms with E-state index >= 15 is 0 Å². The van der Waals surface area contributed by atoms with Crippen molar-refractivity contribution in [3.8, 4) is 0 Å². The van der Waals surface area contributed by atoms with Gasteiger partial charge in [0.15, 0.2) is 0 Å². The van der Waals surface area contributed by atoms with E-state index in [9.17, 15) is 4.79 Å². The van der Waals surface area contributed by atoms with E-state index in [1.807, 2.05) is 26.8 Å². The van der Waals surface area contributed by atoms with E-state index in [1.54, 1.807) is 18.0 Å². The second kappa shape index (κ2) is 13.6. The molecule has 0 aliphatic carbocycles. The predicted octanol–water partition coefficient (Wildman–Crippen LogP) is 2.61. The summed E-state index contributed by atoms with van der Waals surface area (Å²) in [7, 11) is 3.91. The molecule has 0 aromatic rings. The van der Waals surface area contributed by atoms with Crippen molar-refractivity contribution in [1.82, 2.24) is 14.7 Å². The van der Waals surface area contributed by atoms with Gasteiger partial charge in [-0.1, -0.05) is 26.5 Å². The Kier molecular flexibility index (Phi) is 14.2. The fraction of sp³-hybridized carbons (Fsp3) is 0.588. The SMILES string of the molecule is C=C.C=C/C(=C\C)N(C)C(=O)CN1CCN(C)CC1.CC. The Balaban J connectivity index is 0. The number of allylic oxidation sites excluding steroid dienone is 2. The minimum absolute atomic E-state index is 0.127. The molecule has 1 amide bonds. The maximum atomic E-state index is 12.0. The van der Waals surface area contributed by atoms with Gasteiger partial charge in [-0.3, -0.25) is 9.69 Å². The average Bonchev–Trinajstić information content (AvgIpc) is 2.54. The van der Waals surface area contributed by atoms with Gasteiger partial charge in [-0.15, -0.1) is 13.2 Å². The van der Waals surface area contributed by atoms with Crippen LogP contribution in [0, 0.1) is 0 Å². The molecule has 4 heteroatoms. The number of carbonyl (C=O) groups is 1. The average molecular weight is 295 g/mol. The molecule has 1 heterocycles. The number of piperazine rings is 1. The molecule has 1 aliphatic rings. The van der Waals surface area contributed by atoms with Crippen LogP contribution in [0.15, 0.2) is 37.6 Å². The highest BCUT2D eigenvalue weighted by molar-refractivity contribution is 5.80. The normalized spacial score (nSPS) is 16.0. The molecule has 0 saturated carbocycles. The number of nitrogens with zero attached hydrogens (tertiary/aromatic N) is 3. The van der Waals surface area contributed by atoms with Gasteiger partial charge in [0.1, 0.15) is 0 Å². The van der Waals surface area contributed by atoms with Gasteiger partial charge in [-0.2, -0.15) is 0 Å². The summed E-state index contributed by atoms with van der Waals surface area (Å²) in [5.74, 6) is 0.127. The van der Waals surface area contributed by atoms with E-state index < -0.39 is 0 Å². The van der Waals surface area contributed by atoms with Crippen molar-refractivity contribution in [3.63, 3.8) is 0 Å². The zero-order chi connectivity index (χ0) is 16.8. The lowest BCUT2D eigenvalue weighted by Gasteiger charge is -2.32. The maximum Gasteiger partial charge on any atom is 0.240 e. The van der Waals surface area contributed by atoms with Gasteiger partial charge in [0, 0.05) is 38.9 Å². The fourth-order valence-electron chi connectivity index (χ4n) is 1.90. The lowest BCUT2D eigenvalue weighted by atomic mass is 10.3. The molecule has 0 N–H and O–H groups in total. The third-order valence-electron chi connectivity index (χ3n) is 3.22. The second-order valence-corrected chi connectivity index (χ2v) is 4.45. The Morgan fingerprint density at radius 1 is 1.19 bits per heavy atom. The molecule has 1 aliphatic heterocycles. The smallest absolute Gasteiger partial charge is 0.240 e. The summed E-state index contributed by atoms with van der Waals surface area (Å²) in [6.07, 6.45) is 3.61. The fourth-order valence-corrected chi connectivity index (χ4v) is 1.90. The van der Waals surface area contributed by atoms with Crippen LogP contribution in [-0.4, -0.2) is 67.4 Å². The number of carbonyl (C=O) groups excluding carboxylic acids is 1. The Bertz CT molecular complexity index is 318. The van der Waals surface area contributed by atoms with Crippen LogP contribution in [0.2, 0.25) is 0 Å². The lowest BCUT2D eigenvalue weighted by molar-refractivity contribution is -0.129. The van der Waals surface area contributed by atoms with E-state index in [2.05, 4.69) is 36.6 Å². The minimum Gasteiger partial charge on any atom is -0.315 e. The minimum atomic E-state index is 0.127. The van der Waals surface area contributed by atoms with E-state index in [1.165, 1.54) is 0 Å². The molecule has 0 bridgehead atoms. The van der Waals surface area contributed by atoms with Crippen molar-refractivity contribution < 1.29 is 4.79 Å². The summed E-state index contributed by atoms with van der Waals surface area (Å²) in [4.78, 5) is 18.2. The van der Waals surface area contributed by atoms with Crippen molar-refractivity contribution in [2.75, 3.05) is 46.8 Å². The Hall–Kier alpha value is -1.39. The van der Waals surface area contributed by atoms with Crippen molar-refractivity contribution in [3.05, 3.63) is 37.6 Å². The summed E-state index contributed by atoms with van der Waals surface area (Å²) >= 11 is 0. The zero-order valence-electron chi connectivity index (χ0n) is 14.6. The molecule has 0 unspecified atom stereocenters. The summed E-state index contributed by atoms with van der Waals surface area (Å²) < 4.78 is 0. The monoisotopic (exact) mass is 295 g/mol. The van der Waals surface area contributed by atoms with Gasteiger partial charge >= 0.3 is 0 Å². The number of rotatable bonds is 4. The molecule has 0 aromatic heterocycles. The van der Waals surface area contributed by atoms with Gasteiger partial charge in [0.2, 0.25) is 5.91 Å². The van der Waals surface area contributed by atoms with Crippen molar-refractivity contribution in [2.24, 2.45) is 0 Å². The molecule has 0 radical (unpaired) electrons. The highest BCUT2D eigenvalue weighted by Crippen LogP contribution is 2.05. The van der Waals surface area contributed by atoms with Gasteiger partial charge in [0.05, 0.1) is 6.54 Å². The van der Waals surface area contributed by atoms with E-state index in [-0.39, 0.29) is 5.91 Å². The van der Waals surface area contributed by atoms with Crippen LogP contribution in [-0.2, 0) is 4.79 Å². The van der Waals surface area contributed by atoms with E-state index in [4.69, 9.17) is 0 Å². The third-order valence-corrected chi connectivity index (χ3v) is 3.22. The lowest BCUT2D eigenvalue weighted by Crippen LogP contribution is -2.48. The second-order valence-electron chi connectivity index (χ2n) is 4.45. The van der Waals surface area contributed by atoms with Crippen molar-refractivity contribution >= 4 is 5.91 Å². The van der Waals surface area contributed by atoms with E-state index in [0.29, 0.717) is 6.54 Å². The van der Waals surface area contributed by atoms with Gasteiger partial charge < -0.3 is 9.80 Å². The molecule has 21 heavy (non-hydrogen) atoms. The first kappa shape index (κ1) is 21.9. The van der Waals surface area contributed by atoms with Crippen LogP contribution in [0.4, 0.5) is 0 Å². The molecule has 0 spiro atoms. The Labute approximate surface area is 131 Å². The Morgan fingerprint density at radius 2 is 1.67 bits per heavy atom. The molecule has 0 atom stereocenters. The molecular formula is C17H33N3O. The molecule has 1 saturated heterocycles. The quantitative estimate of drug-likeness (QED) is 0.589. The largest absolute Gasteiger partial charge is 0.315 e. The number of hydrogen-bond donors (Lipinski definition) is 0. The summed E-state index contributed by atoms with van der Waals surface area (Å²) in [6, 6.07) is 0. The number of amides is 1. The highest BCUT2D eigenvalue weighted by Gasteiger charge is 2.19. The van der Waals surface area contributed by atoms with Gasteiger partial charge in [0.25, 0.3) is 0 Å². The van der Waals surface area contributed by atoms with Crippen LogP contribution < -0.4 is 0 Å². The summed E-state index contributed by atoms with van der Waals surface area (Å²) in [5, 5.41) is 0. The van der Waals surface area contributed by atoms with Crippen LogP contribution in [0.3, 0.4) is 0 Å². The van der Waals surface area contributed by atoms with Gasteiger partial charge in [-0.25, -0.2) is 0 Å². The van der Waals surface area contributed by atoms with Gasteiger partial charge in [-0.05, 0) is 20.0 Å². The molecule has 0 aromatic carbocycles. The van der Waals surface area contributed by atoms with Crippen LogP contribution in [0.5, 0.6) is 0 Å². The standard InChI is InChI=1S/C13H23N3O.C2H6.C2H4/c1-5-12(6-2)15(4)13(17)11-16-9-7-14(3)8-10-16;2*1-2/h5-6H,1,7-11H2,2-4H3;1-2H3;1-2H2/b12-6+;;. The molecule has 1 fully saturated rings. The zero-order valence-corrected chi connectivity index (χ0v) is 14.6. The topological polar surface area (TPSA) is 26.8 Å². The van der Waals surface area contributed by atoms with Crippen molar-refractivity contribution in [1.29, 1.82) is 0 Å². The first-order chi connectivity index (χ1) is 10.1. The number of likely N-dealkylation sites (N-methyl/N-ethyl adjacent to an activating group) is 2.